The van der Waals surface area contributed by atoms with Crippen LogP contribution in [0.5, 0.6) is 11.5 Å². The lowest BCUT2D eigenvalue weighted by Gasteiger charge is -2.19. The lowest BCUT2D eigenvalue weighted by Crippen LogP contribution is -2.15. The number of nitrogens with two attached hydrogens (primary N) is 1. The highest BCUT2D eigenvalue weighted by Crippen LogP contribution is 2.36. The van der Waals surface area contributed by atoms with Crippen molar-refractivity contribution in [2.24, 2.45) is 0 Å². The second-order valence-electron chi connectivity index (χ2n) is 4.84. The summed E-state index contributed by atoms with van der Waals surface area (Å²) in [6, 6.07) is 13.6. The van der Waals surface area contributed by atoms with Gasteiger partial charge in [-0.05, 0) is 18.2 Å². The number of anilines is 1. The highest BCUT2D eigenvalue weighted by Gasteiger charge is 2.15. The Morgan fingerprint density at radius 2 is 1.62 bits per heavy atom. The predicted molar refractivity (Wildman–Crippen MR) is 80.4 cm³/mol. The zero-order chi connectivity index (χ0) is 14.2. The summed E-state index contributed by atoms with van der Waals surface area (Å²) in [5.41, 5.74) is 7.62. The Morgan fingerprint density at radius 3 is 2.48 bits per heavy atom. The molecule has 0 unspecified atom stereocenters. The summed E-state index contributed by atoms with van der Waals surface area (Å²) in [6.45, 7) is 1.14. The molecule has 0 bridgehead atoms. The Bertz CT molecular complexity index is 833. The molecule has 0 fully saturated rings. The van der Waals surface area contributed by atoms with Gasteiger partial charge in [-0.2, -0.15) is 0 Å². The van der Waals surface area contributed by atoms with Crippen LogP contribution in [0, 0.1) is 0 Å². The van der Waals surface area contributed by atoms with E-state index in [1.807, 2.05) is 42.5 Å². The number of ether oxygens (including phenoxy) is 2. The molecular weight excluding hydrogens is 266 g/mol. The van der Waals surface area contributed by atoms with E-state index in [1.165, 1.54) is 0 Å². The summed E-state index contributed by atoms with van der Waals surface area (Å²) < 4.78 is 11.2. The number of hydrogen-bond donors (Lipinski definition) is 1. The third-order valence-electron chi connectivity index (χ3n) is 3.53. The van der Waals surface area contributed by atoms with Crippen molar-refractivity contribution in [3.63, 3.8) is 0 Å². The van der Waals surface area contributed by atoms with E-state index in [0.717, 1.165) is 33.5 Å². The van der Waals surface area contributed by atoms with Crippen molar-refractivity contribution in [1.29, 1.82) is 0 Å². The van der Waals surface area contributed by atoms with Gasteiger partial charge in [-0.1, -0.05) is 24.3 Å². The third kappa shape index (κ3) is 1.94. The average Bonchev–Trinajstić information content (AvgIpc) is 2.55. The highest BCUT2D eigenvalue weighted by atomic mass is 16.6. The van der Waals surface area contributed by atoms with Gasteiger partial charge in [-0.25, -0.2) is 0 Å². The minimum atomic E-state index is 0.437. The average molecular weight is 279 g/mol. The van der Waals surface area contributed by atoms with E-state index in [4.69, 9.17) is 15.2 Å². The van der Waals surface area contributed by atoms with Gasteiger partial charge in [0.15, 0.2) is 17.3 Å². The first-order valence-corrected chi connectivity index (χ1v) is 6.74. The molecule has 5 heteroatoms. The van der Waals surface area contributed by atoms with Crippen LogP contribution < -0.4 is 15.2 Å². The fraction of sp³-hybridized carbons (Fsp3) is 0.125. The third-order valence-corrected chi connectivity index (χ3v) is 3.53. The summed E-state index contributed by atoms with van der Waals surface area (Å²) in [5, 5.41) is 10.2. The Labute approximate surface area is 121 Å². The van der Waals surface area contributed by atoms with Crippen molar-refractivity contribution < 1.29 is 9.47 Å². The summed E-state index contributed by atoms with van der Waals surface area (Å²) in [6.07, 6.45) is 0. The lowest BCUT2D eigenvalue weighted by atomic mass is 10.0. The highest BCUT2D eigenvalue weighted by molar-refractivity contribution is 5.99. The Morgan fingerprint density at radius 1 is 0.857 bits per heavy atom. The summed E-state index contributed by atoms with van der Waals surface area (Å²) in [7, 11) is 0. The molecule has 2 aromatic carbocycles. The van der Waals surface area contributed by atoms with Gasteiger partial charge in [0.25, 0.3) is 0 Å². The zero-order valence-electron chi connectivity index (χ0n) is 11.2. The Kier molecular flexibility index (Phi) is 2.64. The summed E-state index contributed by atoms with van der Waals surface area (Å²) >= 11 is 0. The van der Waals surface area contributed by atoms with Crippen molar-refractivity contribution in [2.45, 2.75) is 0 Å². The Hall–Kier alpha value is -2.82. The smallest absolute Gasteiger partial charge is 0.162 e. The van der Waals surface area contributed by atoms with Crippen LogP contribution in [0.15, 0.2) is 42.5 Å². The molecule has 0 amide bonds. The van der Waals surface area contributed by atoms with E-state index >= 15 is 0 Å². The van der Waals surface area contributed by atoms with Gasteiger partial charge in [0.2, 0.25) is 0 Å². The van der Waals surface area contributed by atoms with Crippen molar-refractivity contribution in [3.05, 3.63) is 42.5 Å². The number of nitrogens with zero attached hydrogens (tertiary/aromatic N) is 2. The van der Waals surface area contributed by atoms with E-state index in [0.29, 0.717) is 19.0 Å². The predicted octanol–water partition coefficient (Wildman–Crippen LogP) is 2.65. The molecule has 0 saturated heterocycles. The maximum atomic E-state index is 5.90. The molecule has 1 aliphatic rings. The van der Waals surface area contributed by atoms with Crippen LogP contribution in [0.25, 0.3) is 22.0 Å². The fourth-order valence-corrected chi connectivity index (χ4v) is 2.53. The maximum Gasteiger partial charge on any atom is 0.162 e. The normalized spacial score (nSPS) is 13.3. The molecule has 0 aliphatic carbocycles. The van der Waals surface area contributed by atoms with Crippen molar-refractivity contribution in [3.8, 4) is 22.8 Å². The van der Waals surface area contributed by atoms with Gasteiger partial charge in [0, 0.05) is 16.3 Å². The number of fused-ring (bicyclic) bond motifs is 2. The van der Waals surface area contributed by atoms with Crippen LogP contribution >= 0.6 is 0 Å². The van der Waals surface area contributed by atoms with E-state index in [-0.39, 0.29) is 0 Å². The monoisotopic (exact) mass is 279 g/mol. The quantitative estimate of drug-likeness (QED) is 0.741. The van der Waals surface area contributed by atoms with Crippen molar-refractivity contribution in [1.82, 2.24) is 10.2 Å². The van der Waals surface area contributed by atoms with Crippen LogP contribution in [-0.2, 0) is 0 Å². The minimum absolute atomic E-state index is 0.437. The van der Waals surface area contributed by atoms with Crippen molar-refractivity contribution in [2.75, 3.05) is 18.9 Å². The van der Waals surface area contributed by atoms with E-state index in [9.17, 15) is 0 Å². The molecule has 0 saturated carbocycles. The second-order valence-corrected chi connectivity index (χ2v) is 4.84. The molecule has 3 aromatic rings. The Balaban J connectivity index is 1.92. The topological polar surface area (TPSA) is 70.3 Å². The van der Waals surface area contributed by atoms with Gasteiger partial charge in [0.05, 0.1) is 0 Å². The van der Waals surface area contributed by atoms with Gasteiger partial charge >= 0.3 is 0 Å². The molecule has 2 heterocycles. The molecule has 104 valence electrons. The van der Waals surface area contributed by atoms with E-state index < -0.39 is 0 Å². The summed E-state index contributed by atoms with van der Waals surface area (Å²) in [4.78, 5) is 0. The fourth-order valence-electron chi connectivity index (χ4n) is 2.53. The first-order valence-electron chi connectivity index (χ1n) is 6.74. The molecule has 0 spiro atoms. The summed E-state index contributed by atoms with van der Waals surface area (Å²) in [5.74, 6) is 1.94. The van der Waals surface area contributed by atoms with Crippen LogP contribution in [0.3, 0.4) is 0 Å². The molecule has 21 heavy (non-hydrogen) atoms. The van der Waals surface area contributed by atoms with E-state index in [1.54, 1.807) is 0 Å². The van der Waals surface area contributed by atoms with Gasteiger partial charge in [-0.3, -0.25) is 0 Å². The molecule has 4 rings (SSSR count). The van der Waals surface area contributed by atoms with Crippen LogP contribution in [0.4, 0.5) is 5.82 Å². The van der Waals surface area contributed by atoms with Crippen LogP contribution in [0.2, 0.25) is 0 Å². The molecule has 1 aliphatic heterocycles. The van der Waals surface area contributed by atoms with Crippen LogP contribution in [0.1, 0.15) is 0 Å². The minimum Gasteiger partial charge on any atom is -0.486 e. The molecule has 5 nitrogen and oxygen atoms in total. The van der Waals surface area contributed by atoms with Gasteiger partial charge in [-0.15, -0.1) is 10.2 Å². The molecular formula is C16H13N3O2. The number of aromatic nitrogens is 2. The van der Waals surface area contributed by atoms with Gasteiger partial charge < -0.3 is 15.2 Å². The molecule has 1 aromatic heterocycles. The molecule has 0 radical (unpaired) electrons. The number of rotatable bonds is 1. The van der Waals surface area contributed by atoms with Crippen LogP contribution in [-0.4, -0.2) is 23.4 Å². The van der Waals surface area contributed by atoms with Gasteiger partial charge in [0.1, 0.15) is 18.9 Å². The lowest BCUT2D eigenvalue weighted by molar-refractivity contribution is 0.171. The standard InChI is InChI=1S/C16H13N3O2/c17-16-12-4-2-1-3-11(12)15(18-19-16)10-5-6-13-14(9-10)21-8-7-20-13/h1-6,9H,7-8H2,(H2,17,19). The van der Waals surface area contributed by atoms with E-state index in [2.05, 4.69) is 10.2 Å². The van der Waals surface area contributed by atoms with Crippen molar-refractivity contribution >= 4 is 16.6 Å². The second kappa shape index (κ2) is 4.63. The zero-order valence-corrected chi connectivity index (χ0v) is 11.2. The SMILES string of the molecule is Nc1nnc(-c2ccc3c(c2)OCCO3)c2ccccc12. The number of hydrogen-bond acceptors (Lipinski definition) is 5. The number of nitrogen functional groups attached to an aromatic ring is 1. The molecule has 0 atom stereocenters. The first-order chi connectivity index (χ1) is 10.3. The first kappa shape index (κ1) is 12.0. The maximum absolute atomic E-state index is 5.90. The number of benzene rings is 2. The molecule has 2 N–H and O–H groups in total. The largest absolute Gasteiger partial charge is 0.486 e.